The minimum absolute atomic E-state index is 0.0920. The maximum absolute atomic E-state index is 11.9. The zero-order valence-corrected chi connectivity index (χ0v) is 9.49. The molecule has 1 fully saturated rings. The molecular weight excluding hydrogens is 176 g/mol. The minimum Gasteiger partial charge on any atom is -0.338 e. The van der Waals surface area contributed by atoms with Crippen molar-refractivity contribution in [2.24, 2.45) is 11.7 Å². The van der Waals surface area contributed by atoms with Crippen molar-refractivity contribution in [3.63, 3.8) is 0 Å². The van der Waals surface area contributed by atoms with Gasteiger partial charge in [-0.25, -0.2) is 0 Å². The van der Waals surface area contributed by atoms with Crippen molar-refractivity contribution >= 4 is 5.91 Å². The summed E-state index contributed by atoms with van der Waals surface area (Å²) < 4.78 is 0. The number of nitrogens with two attached hydrogens (primary N) is 1. The average molecular weight is 198 g/mol. The summed E-state index contributed by atoms with van der Waals surface area (Å²) in [6, 6.07) is 0.358. The predicted octanol–water partition coefficient (Wildman–Crippen LogP) is 1.37. The molecule has 82 valence electrons. The van der Waals surface area contributed by atoms with Gasteiger partial charge in [-0.05, 0) is 26.2 Å². The van der Waals surface area contributed by atoms with Crippen LogP contribution in [0.4, 0.5) is 0 Å². The van der Waals surface area contributed by atoms with Crippen molar-refractivity contribution in [2.45, 2.75) is 52.1 Å². The van der Waals surface area contributed by atoms with Crippen LogP contribution in [0.5, 0.6) is 0 Å². The molecule has 2 N–H and O–H groups in total. The molecule has 1 amide bonds. The van der Waals surface area contributed by atoms with Crippen LogP contribution >= 0.6 is 0 Å². The lowest BCUT2D eigenvalue weighted by Crippen LogP contribution is -2.52. The Morgan fingerprint density at radius 3 is 2.50 bits per heavy atom. The summed E-state index contributed by atoms with van der Waals surface area (Å²) in [4.78, 5) is 13.9. The van der Waals surface area contributed by atoms with Crippen molar-refractivity contribution in [1.82, 2.24) is 4.90 Å². The molecule has 3 nitrogen and oxygen atoms in total. The van der Waals surface area contributed by atoms with E-state index in [2.05, 4.69) is 0 Å². The number of rotatable bonds is 2. The fourth-order valence-corrected chi connectivity index (χ4v) is 2.11. The summed E-state index contributed by atoms with van der Waals surface area (Å²) >= 11 is 0. The Balaban J connectivity index is 2.67. The molecule has 0 aliphatic carbocycles. The summed E-state index contributed by atoms with van der Waals surface area (Å²) in [5, 5.41) is 0. The van der Waals surface area contributed by atoms with Crippen LogP contribution in [0.2, 0.25) is 0 Å². The molecule has 1 rings (SSSR count). The molecule has 2 atom stereocenters. The molecule has 1 aliphatic heterocycles. The van der Waals surface area contributed by atoms with Crippen LogP contribution in [0, 0.1) is 5.92 Å². The van der Waals surface area contributed by atoms with Crippen molar-refractivity contribution in [1.29, 1.82) is 0 Å². The lowest BCUT2D eigenvalue weighted by Gasteiger charge is -2.39. The first-order valence-electron chi connectivity index (χ1n) is 5.60. The Bertz CT molecular complexity index is 201. The molecule has 0 aromatic rings. The minimum atomic E-state index is 0.0920. The van der Waals surface area contributed by atoms with Crippen LogP contribution in [-0.4, -0.2) is 29.4 Å². The van der Waals surface area contributed by atoms with E-state index in [1.54, 1.807) is 0 Å². The molecule has 0 spiro atoms. The quantitative estimate of drug-likeness (QED) is 0.728. The van der Waals surface area contributed by atoms with Gasteiger partial charge in [0, 0.05) is 24.5 Å². The lowest BCUT2D eigenvalue weighted by molar-refractivity contribution is -0.138. The highest BCUT2D eigenvalue weighted by atomic mass is 16.2. The van der Waals surface area contributed by atoms with E-state index in [0.717, 1.165) is 19.4 Å². The number of amides is 1. The van der Waals surface area contributed by atoms with Crippen molar-refractivity contribution in [2.75, 3.05) is 6.54 Å². The van der Waals surface area contributed by atoms with Gasteiger partial charge in [-0.15, -0.1) is 0 Å². The Morgan fingerprint density at radius 2 is 2.00 bits per heavy atom. The summed E-state index contributed by atoms with van der Waals surface area (Å²) in [5.74, 6) is 0.348. The lowest BCUT2D eigenvalue weighted by atomic mass is 9.95. The standard InChI is InChI=1S/C11H22N2O/c1-8(2)11(14)13-7-5-4-6-10(13)9(3)12/h8-10H,4-7,12H2,1-3H3. The third-order valence-corrected chi connectivity index (χ3v) is 2.93. The van der Waals surface area contributed by atoms with E-state index in [1.165, 1.54) is 6.42 Å². The molecular formula is C11H22N2O. The van der Waals surface area contributed by atoms with Gasteiger partial charge in [-0.1, -0.05) is 13.8 Å². The fraction of sp³-hybridized carbons (Fsp3) is 0.909. The normalized spacial score (nSPS) is 25.2. The van der Waals surface area contributed by atoms with E-state index in [9.17, 15) is 4.79 Å². The Labute approximate surface area is 86.6 Å². The zero-order chi connectivity index (χ0) is 10.7. The van der Waals surface area contributed by atoms with Crippen molar-refractivity contribution in [3.8, 4) is 0 Å². The van der Waals surface area contributed by atoms with E-state index < -0.39 is 0 Å². The number of carbonyl (C=O) groups is 1. The van der Waals surface area contributed by atoms with E-state index in [4.69, 9.17) is 5.73 Å². The van der Waals surface area contributed by atoms with E-state index in [1.807, 2.05) is 25.7 Å². The Hall–Kier alpha value is -0.570. The summed E-state index contributed by atoms with van der Waals surface area (Å²) in [6.45, 7) is 6.80. The largest absolute Gasteiger partial charge is 0.338 e. The summed E-state index contributed by atoms with van der Waals surface area (Å²) in [6.07, 6.45) is 3.39. The first-order chi connectivity index (χ1) is 6.54. The van der Waals surface area contributed by atoms with E-state index in [0.29, 0.717) is 0 Å². The average Bonchev–Trinajstić information content (AvgIpc) is 2.16. The van der Waals surface area contributed by atoms with Crippen LogP contribution < -0.4 is 5.73 Å². The molecule has 0 bridgehead atoms. The van der Waals surface area contributed by atoms with Gasteiger partial charge in [0.05, 0.1) is 0 Å². The second-order valence-electron chi connectivity index (χ2n) is 4.61. The van der Waals surface area contributed by atoms with Crippen LogP contribution in [0.25, 0.3) is 0 Å². The van der Waals surface area contributed by atoms with Crippen LogP contribution in [0.15, 0.2) is 0 Å². The van der Waals surface area contributed by atoms with Crippen LogP contribution in [0.3, 0.4) is 0 Å². The van der Waals surface area contributed by atoms with Crippen LogP contribution in [-0.2, 0) is 4.79 Å². The molecule has 2 unspecified atom stereocenters. The predicted molar refractivity (Wildman–Crippen MR) is 57.8 cm³/mol. The molecule has 14 heavy (non-hydrogen) atoms. The first-order valence-corrected chi connectivity index (χ1v) is 5.60. The number of carbonyl (C=O) groups excluding carboxylic acids is 1. The van der Waals surface area contributed by atoms with Crippen LogP contribution in [0.1, 0.15) is 40.0 Å². The number of likely N-dealkylation sites (tertiary alicyclic amines) is 1. The molecule has 0 radical (unpaired) electrons. The highest BCUT2D eigenvalue weighted by Crippen LogP contribution is 2.20. The van der Waals surface area contributed by atoms with Gasteiger partial charge in [0.1, 0.15) is 0 Å². The molecule has 1 aliphatic rings. The number of nitrogens with zero attached hydrogens (tertiary/aromatic N) is 1. The maximum atomic E-state index is 11.9. The molecule has 1 heterocycles. The molecule has 3 heteroatoms. The van der Waals surface area contributed by atoms with Gasteiger partial charge >= 0.3 is 0 Å². The number of piperidine rings is 1. The Morgan fingerprint density at radius 1 is 1.36 bits per heavy atom. The number of hydrogen-bond donors (Lipinski definition) is 1. The number of hydrogen-bond acceptors (Lipinski definition) is 2. The van der Waals surface area contributed by atoms with Gasteiger partial charge < -0.3 is 10.6 Å². The van der Waals surface area contributed by atoms with Gasteiger partial charge in [0.2, 0.25) is 5.91 Å². The van der Waals surface area contributed by atoms with Crippen molar-refractivity contribution in [3.05, 3.63) is 0 Å². The monoisotopic (exact) mass is 198 g/mol. The summed E-state index contributed by atoms with van der Waals surface area (Å²) in [7, 11) is 0. The summed E-state index contributed by atoms with van der Waals surface area (Å²) in [5.41, 5.74) is 5.90. The fourth-order valence-electron chi connectivity index (χ4n) is 2.11. The Kier molecular flexibility index (Phi) is 3.93. The third kappa shape index (κ3) is 2.47. The molecule has 1 saturated heterocycles. The second-order valence-corrected chi connectivity index (χ2v) is 4.61. The van der Waals surface area contributed by atoms with Gasteiger partial charge in [0.15, 0.2) is 0 Å². The highest BCUT2D eigenvalue weighted by Gasteiger charge is 2.29. The topological polar surface area (TPSA) is 46.3 Å². The van der Waals surface area contributed by atoms with Gasteiger partial charge in [-0.3, -0.25) is 4.79 Å². The highest BCUT2D eigenvalue weighted by molar-refractivity contribution is 5.78. The van der Waals surface area contributed by atoms with Gasteiger partial charge in [0.25, 0.3) is 0 Å². The molecule has 0 aromatic heterocycles. The van der Waals surface area contributed by atoms with E-state index in [-0.39, 0.29) is 23.9 Å². The SMILES string of the molecule is CC(C)C(=O)N1CCCCC1C(C)N. The molecule has 0 saturated carbocycles. The second kappa shape index (κ2) is 4.78. The molecule has 0 aromatic carbocycles. The van der Waals surface area contributed by atoms with Gasteiger partial charge in [-0.2, -0.15) is 0 Å². The zero-order valence-electron chi connectivity index (χ0n) is 9.49. The van der Waals surface area contributed by atoms with Crippen molar-refractivity contribution < 1.29 is 4.79 Å². The smallest absolute Gasteiger partial charge is 0.225 e. The maximum Gasteiger partial charge on any atom is 0.225 e. The first kappa shape index (κ1) is 11.5. The third-order valence-electron chi connectivity index (χ3n) is 2.93. The van der Waals surface area contributed by atoms with E-state index >= 15 is 0 Å².